The molecular formula is C16H25N3O3S. The summed E-state index contributed by atoms with van der Waals surface area (Å²) in [5.41, 5.74) is 6.02. The number of hydrogen-bond acceptors (Lipinski definition) is 4. The Bertz CT molecular complexity index is 619. The van der Waals surface area contributed by atoms with E-state index in [2.05, 4.69) is 5.32 Å². The molecule has 0 aromatic heterocycles. The number of sulfonamides is 1. The fourth-order valence-corrected chi connectivity index (χ4v) is 4.72. The lowest BCUT2D eigenvalue weighted by Gasteiger charge is -2.37. The number of carbonyl (C=O) groups excluding carboxylic acids is 1. The molecule has 1 aliphatic rings. The topological polar surface area (TPSA) is 92.5 Å². The average Bonchev–Trinajstić information content (AvgIpc) is 2.53. The third kappa shape index (κ3) is 4.76. The number of rotatable bonds is 6. The highest BCUT2D eigenvalue weighted by Crippen LogP contribution is 2.21. The van der Waals surface area contributed by atoms with Crippen molar-refractivity contribution in [3.05, 3.63) is 35.9 Å². The van der Waals surface area contributed by atoms with E-state index in [-0.39, 0.29) is 23.7 Å². The van der Waals surface area contributed by atoms with Crippen LogP contribution in [0.5, 0.6) is 0 Å². The summed E-state index contributed by atoms with van der Waals surface area (Å²) in [4.78, 5) is 12.2. The molecule has 1 saturated heterocycles. The van der Waals surface area contributed by atoms with Crippen molar-refractivity contribution in [1.82, 2.24) is 9.62 Å². The third-order valence-corrected chi connectivity index (χ3v) is 6.21. The fraction of sp³-hybridized carbons (Fsp3) is 0.562. The molecule has 1 aromatic rings. The molecule has 0 bridgehead atoms. The van der Waals surface area contributed by atoms with Gasteiger partial charge in [0.15, 0.2) is 0 Å². The molecule has 0 saturated carbocycles. The van der Waals surface area contributed by atoms with E-state index in [4.69, 9.17) is 5.73 Å². The Hall–Kier alpha value is -1.44. The second-order valence-corrected chi connectivity index (χ2v) is 8.02. The van der Waals surface area contributed by atoms with E-state index in [1.165, 1.54) is 0 Å². The number of piperidine rings is 1. The Morgan fingerprint density at radius 3 is 2.65 bits per heavy atom. The van der Waals surface area contributed by atoms with E-state index in [0.29, 0.717) is 37.9 Å². The van der Waals surface area contributed by atoms with Gasteiger partial charge in [0.25, 0.3) is 5.91 Å². The van der Waals surface area contributed by atoms with Crippen LogP contribution in [0, 0.1) is 0 Å². The van der Waals surface area contributed by atoms with Gasteiger partial charge in [0.05, 0.1) is 5.75 Å². The van der Waals surface area contributed by atoms with Crippen LogP contribution in [0.3, 0.4) is 0 Å². The Balaban J connectivity index is 1.92. The average molecular weight is 339 g/mol. The lowest BCUT2D eigenvalue weighted by Crippen LogP contribution is -2.51. The number of nitrogens with two attached hydrogens (primary N) is 1. The first-order valence-electron chi connectivity index (χ1n) is 7.99. The zero-order chi connectivity index (χ0) is 16.9. The first kappa shape index (κ1) is 17.9. The van der Waals surface area contributed by atoms with Gasteiger partial charge in [-0.05, 0) is 44.9 Å². The monoisotopic (exact) mass is 339 g/mol. The maximum Gasteiger partial charge on any atom is 0.251 e. The zero-order valence-corrected chi connectivity index (χ0v) is 14.3. The molecule has 23 heavy (non-hydrogen) atoms. The van der Waals surface area contributed by atoms with E-state index in [0.717, 1.165) is 0 Å². The van der Waals surface area contributed by atoms with E-state index in [1.54, 1.807) is 16.4 Å². The third-order valence-electron chi connectivity index (χ3n) is 4.15. The quantitative estimate of drug-likeness (QED) is 0.807. The van der Waals surface area contributed by atoms with Crippen molar-refractivity contribution in [2.24, 2.45) is 5.73 Å². The van der Waals surface area contributed by atoms with E-state index < -0.39 is 10.0 Å². The lowest BCUT2D eigenvalue weighted by molar-refractivity contribution is 0.0914. The van der Waals surface area contributed by atoms with Gasteiger partial charge >= 0.3 is 0 Å². The Labute approximate surface area is 138 Å². The Morgan fingerprint density at radius 2 is 2.04 bits per heavy atom. The van der Waals surface area contributed by atoms with Crippen molar-refractivity contribution >= 4 is 15.9 Å². The highest BCUT2D eigenvalue weighted by atomic mass is 32.2. The molecule has 3 N–H and O–H groups in total. The predicted molar refractivity (Wildman–Crippen MR) is 90.6 cm³/mol. The van der Waals surface area contributed by atoms with Crippen LogP contribution < -0.4 is 11.1 Å². The van der Waals surface area contributed by atoms with Gasteiger partial charge < -0.3 is 11.1 Å². The van der Waals surface area contributed by atoms with Crippen LogP contribution in [-0.2, 0) is 10.0 Å². The molecule has 2 rings (SSSR count). The summed E-state index contributed by atoms with van der Waals surface area (Å²) in [6.07, 6.45) is 1.73. The van der Waals surface area contributed by atoms with Crippen LogP contribution in [0.15, 0.2) is 30.3 Å². The summed E-state index contributed by atoms with van der Waals surface area (Å²) in [6, 6.07) is 8.93. The number of benzene rings is 1. The number of amides is 1. The van der Waals surface area contributed by atoms with Crippen molar-refractivity contribution in [3.8, 4) is 0 Å². The van der Waals surface area contributed by atoms with Gasteiger partial charge in [-0.1, -0.05) is 18.2 Å². The molecule has 1 aliphatic heterocycles. The van der Waals surface area contributed by atoms with Crippen LogP contribution in [0.4, 0.5) is 0 Å². The highest BCUT2D eigenvalue weighted by molar-refractivity contribution is 7.89. The minimum atomic E-state index is -3.26. The molecule has 128 valence electrons. The van der Waals surface area contributed by atoms with Gasteiger partial charge in [0.2, 0.25) is 10.0 Å². The molecule has 0 spiro atoms. The number of nitrogens with one attached hydrogen (secondary N) is 1. The fourth-order valence-electron chi connectivity index (χ4n) is 2.94. The summed E-state index contributed by atoms with van der Waals surface area (Å²) < 4.78 is 26.1. The molecule has 6 nitrogen and oxygen atoms in total. The molecular weight excluding hydrogens is 314 g/mol. The Kier molecular flexibility index (Phi) is 6.15. The van der Waals surface area contributed by atoms with Crippen LogP contribution in [0.1, 0.15) is 36.5 Å². The molecule has 1 fully saturated rings. The van der Waals surface area contributed by atoms with E-state index in [9.17, 15) is 13.2 Å². The maximum atomic E-state index is 12.3. The Morgan fingerprint density at radius 1 is 1.35 bits per heavy atom. The van der Waals surface area contributed by atoms with Crippen LogP contribution in [0.25, 0.3) is 0 Å². The van der Waals surface area contributed by atoms with Gasteiger partial charge in [-0.15, -0.1) is 0 Å². The SMILES string of the molecule is C[C@@H]1C[C@H](NC(=O)c2ccccc2)CCN1S(=O)(=O)CCCN. The number of nitrogens with zero attached hydrogens (tertiary/aromatic N) is 1. The van der Waals surface area contributed by atoms with E-state index in [1.807, 2.05) is 25.1 Å². The molecule has 7 heteroatoms. The second kappa shape index (κ2) is 7.90. The molecule has 0 unspecified atom stereocenters. The first-order chi connectivity index (χ1) is 10.9. The summed E-state index contributed by atoms with van der Waals surface area (Å²) in [6.45, 7) is 2.70. The molecule has 1 heterocycles. The first-order valence-corrected chi connectivity index (χ1v) is 9.60. The predicted octanol–water partition coefficient (Wildman–Crippen LogP) is 0.948. The summed E-state index contributed by atoms with van der Waals surface area (Å²) in [5.74, 6) is -0.0169. The largest absolute Gasteiger partial charge is 0.349 e. The lowest BCUT2D eigenvalue weighted by atomic mass is 10.00. The van der Waals surface area contributed by atoms with E-state index >= 15 is 0 Å². The minimum Gasteiger partial charge on any atom is -0.349 e. The van der Waals surface area contributed by atoms with Crippen LogP contribution >= 0.6 is 0 Å². The molecule has 1 aromatic carbocycles. The molecule has 0 radical (unpaired) electrons. The van der Waals surface area contributed by atoms with Crippen molar-refractivity contribution in [1.29, 1.82) is 0 Å². The summed E-state index contributed by atoms with van der Waals surface area (Å²) >= 11 is 0. The van der Waals surface area contributed by atoms with Gasteiger partial charge in [-0.25, -0.2) is 8.42 Å². The van der Waals surface area contributed by atoms with Crippen LogP contribution in [-0.4, -0.2) is 49.6 Å². The van der Waals surface area contributed by atoms with Crippen LogP contribution in [0.2, 0.25) is 0 Å². The van der Waals surface area contributed by atoms with Gasteiger partial charge in [-0.2, -0.15) is 4.31 Å². The molecule has 2 atom stereocenters. The maximum absolute atomic E-state index is 12.3. The minimum absolute atomic E-state index is 0.00124. The van der Waals surface area contributed by atoms with Gasteiger partial charge in [-0.3, -0.25) is 4.79 Å². The summed E-state index contributed by atoms with van der Waals surface area (Å²) in [5, 5.41) is 3.00. The van der Waals surface area contributed by atoms with Crippen molar-refractivity contribution < 1.29 is 13.2 Å². The normalized spacial score (nSPS) is 22.7. The number of carbonyl (C=O) groups is 1. The molecule has 1 amide bonds. The van der Waals surface area contributed by atoms with Crippen molar-refractivity contribution in [2.45, 2.75) is 38.3 Å². The number of hydrogen-bond donors (Lipinski definition) is 2. The highest BCUT2D eigenvalue weighted by Gasteiger charge is 2.33. The van der Waals surface area contributed by atoms with Gasteiger partial charge in [0.1, 0.15) is 0 Å². The summed E-state index contributed by atoms with van der Waals surface area (Å²) in [7, 11) is -3.26. The standard InChI is InChI=1S/C16H25N3O3S/c1-13-12-15(18-16(20)14-6-3-2-4-7-14)8-10-19(13)23(21,22)11-5-9-17/h2-4,6-7,13,15H,5,8-12,17H2,1H3,(H,18,20)/t13-,15-/m1/s1. The zero-order valence-electron chi connectivity index (χ0n) is 13.4. The smallest absolute Gasteiger partial charge is 0.251 e. The van der Waals surface area contributed by atoms with Gasteiger partial charge in [0, 0.05) is 24.2 Å². The van der Waals surface area contributed by atoms with Crippen molar-refractivity contribution in [3.63, 3.8) is 0 Å². The molecule has 0 aliphatic carbocycles. The van der Waals surface area contributed by atoms with Crippen molar-refractivity contribution in [2.75, 3.05) is 18.8 Å². The second-order valence-electron chi connectivity index (χ2n) is 5.98.